The zero-order chi connectivity index (χ0) is 12.4. The number of aromatic nitrogens is 2. The van der Waals surface area contributed by atoms with Crippen LogP contribution in [0.2, 0.25) is 0 Å². The molecule has 0 aliphatic heterocycles. The van der Waals surface area contributed by atoms with Crippen molar-refractivity contribution in [1.82, 2.24) is 9.97 Å². The van der Waals surface area contributed by atoms with Crippen LogP contribution < -0.4 is 10.3 Å². The highest BCUT2D eigenvalue weighted by molar-refractivity contribution is 9.11. The number of benzene rings is 1. The van der Waals surface area contributed by atoms with E-state index in [0.29, 0.717) is 5.75 Å². The van der Waals surface area contributed by atoms with Crippen LogP contribution in [0, 0.1) is 0 Å². The van der Waals surface area contributed by atoms with Gasteiger partial charge >= 0.3 is 0 Å². The molecule has 0 saturated carbocycles. The third-order valence-corrected chi connectivity index (χ3v) is 3.68. The van der Waals surface area contributed by atoms with Crippen LogP contribution >= 0.6 is 47.8 Å². The molecule has 1 heterocycles. The van der Waals surface area contributed by atoms with Crippen molar-refractivity contribution in [1.29, 1.82) is 0 Å². The highest BCUT2D eigenvalue weighted by Gasteiger charge is 2.10. The number of aromatic amines is 1. The van der Waals surface area contributed by atoms with Gasteiger partial charge in [-0.25, -0.2) is 4.98 Å². The lowest BCUT2D eigenvalue weighted by Gasteiger charge is -2.07. The van der Waals surface area contributed by atoms with Crippen LogP contribution in [0.5, 0.6) is 11.6 Å². The van der Waals surface area contributed by atoms with Crippen molar-refractivity contribution in [2.45, 2.75) is 0 Å². The monoisotopic (exact) mass is 422 g/mol. The molecule has 2 rings (SSSR count). The number of hydrogen-bond acceptors (Lipinski definition) is 3. The standard InChI is InChI=1S/C10H5Br3N2O2/c11-5-1-2-7(6(12)3-5)17-10-8(13)9(16)14-4-15-10/h1-4H,(H,14,15,16). The molecule has 1 N–H and O–H groups in total. The summed E-state index contributed by atoms with van der Waals surface area (Å²) in [5, 5.41) is 0. The van der Waals surface area contributed by atoms with Gasteiger partial charge in [0.05, 0.1) is 10.8 Å². The van der Waals surface area contributed by atoms with E-state index in [2.05, 4.69) is 57.8 Å². The van der Waals surface area contributed by atoms with Gasteiger partial charge in [0.1, 0.15) is 10.2 Å². The Morgan fingerprint density at radius 2 is 2.00 bits per heavy atom. The van der Waals surface area contributed by atoms with Gasteiger partial charge in [0.25, 0.3) is 5.56 Å². The molecule has 0 saturated heterocycles. The zero-order valence-electron chi connectivity index (χ0n) is 8.21. The maximum Gasteiger partial charge on any atom is 0.268 e. The predicted molar refractivity (Wildman–Crippen MR) is 74.5 cm³/mol. The highest BCUT2D eigenvalue weighted by Crippen LogP contribution is 2.32. The van der Waals surface area contributed by atoms with E-state index >= 15 is 0 Å². The van der Waals surface area contributed by atoms with E-state index in [4.69, 9.17) is 4.74 Å². The largest absolute Gasteiger partial charge is 0.436 e. The maximum absolute atomic E-state index is 11.3. The van der Waals surface area contributed by atoms with E-state index in [1.165, 1.54) is 6.33 Å². The summed E-state index contributed by atoms with van der Waals surface area (Å²) in [6, 6.07) is 5.45. The fourth-order valence-corrected chi connectivity index (χ4v) is 2.53. The summed E-state index contributed by atoms with van der Waals surface area (Å²) < 4.78 is 7.48. The first kappa shape index (κ1) is 12.8. The number of ether oxygens (including phenoxy) is 1. The lowest BCUT2D eigenvalue weighted by Crippen LogP contribution is -2.08. The molecular formula is C10H5Br3N2O2. The van der Waals surface area contributed by atoms with Crippen LogP contribution in [-0.2, 0) is 0 Å². The number of H-pyrrole nitrogens is 1. The fraction of sp³-hybridized carbons (Fsp3) is 0. The van der Waals surface area contributed by atoms with Crippen molar-refractivity contribution in [2.75, 3.05) is 0 Å². The Morgan fingerprint density at radius 1 is 1.24 bits per heavy atom. The quantitative estimate of drug-likeness (QED) is 0.796. The molecule has 2 aromatic rings. The summed E-state index contributed by atoms with van der Waals surface area (Å²) in [4.78, 5) is 17.7. The van der Waals surface area contributed by atoms with Crippen molar-refractivity contribution < 1.29 is 4.74 Å². The fourth-order valence-electron chi connectivity index (χ4n) is 1.10. The maximum atomic E-state index is 11.3. The second kappa shape index (κ2) is 5.32. The first-order valence-corrected chi connectivity index (χ1v) is 6.82. The Labute approximate surface area is 122 Å². The topological polar surface area (TPSA) is 55.0 Å². The molecule has 0 spiro atoms. The van der Waals surface area contributed by atoms with Crippen LogP contribution in [0.1, 0.15) is 0 Å². The smallest absolute Gasteiger partial charge is 0.268 e. The van der Waals surface area contributed by atoms with Gasteiger partial charge in [0, 0.05) is 4.47 Å². The number of hydrogen-bond donors (Lipinski definition) is 1. The van der Waals surface area contributed by atoms with E-state index in [9.17, 15) is 4.79 Å². The molecule has 1 aromatic carbocycles. The SMILES string of the molecule is O=c1[nH]cnc(Oc2ccc(Br)cc2Br)c1Br. The van der Waals surface area contributed by atoms with Crippen LogP contribution in [0.25, 0.3) is 0 Å². The third kappa shape index (κ3) is 2.97. The van der Waals surface area contributed by atoms with Gasteiger partial charge in [0.15, 0.2) is 0 Å². The van der Waals surface area contributed by atoms with E-state index < -0.39 is 0 Å². The van der Waals surface area contributed by atoms with Gasteiger partial charge in [-0.05, 0) is 50.1 Å². The van der Waals surface area contributed by atoms with E-state index in [0.717, 1.165) is 8.95 Å². The minimum absolute atomic E-state index is 0.219. The first-order chi connectivity index (χ1) is 8.08. The molecule has 0 bridgehead atoms. The van der Waals surface area contributed by atoms with Gasteiger partial charge in [-0.3, -0.25) is 4.79 Å². The summed E-state index contributed by atoms with van der Waals surface area (Å²) in [7, 11) is 0. The van der Waals surface area contributed by atoms with Gasteiger partial charge < -0.3 is 9.72 Å². The first-order valence-electron chi connectivity index (χ1n) is 4.44. The summed E-state index contributed by atoms with van der Waals surface area (Å²) in [5.74, 6) is 0.795. The summed E-state index contributed by atoms with van der Waals surface area (Å²) >= 11 is 9.83. The van der Waals surface area contributed by atoms with Crippen molar-refractivity contribution >= 4 is 47.8 Å². The Bertz CT molecular complexity index is 613. The van der Waals surface area contributed by atoms with Crippen molar-refractivity contribution in [3.8, 4) is 11.6 Å². The van der Waals surface area contributed by atoms with Gasteiger partial charge in [0.2, 0.25) is 5.88 Å². The van der Waals surface area contributed by atoms with Crippen LogP contribution in [0.3, 0.4) is 0 Å². The van der Waals surface area contributed by atoms with Crippen LogP contribution in [-0.4, -0.2) is 9.97 Å². The second-order valence-electron chi connectivity index (χ2n) is 3.03. The van der Waals surface area contributed by atoms with Crippen LogP contribution in [0.15, 0.2) is 42.7 Å². The number of rotatable bonds is 2. The molecule has 0 radical (unpaired) electrons. The predicted octanol–water partition coefficient (Wildman–Crippen LogP) is 3.85. The molecule has 0 aliphatic rings. The van der Waals surface area contributed by atoms with Gasteiger partial charge in [-0.1, -0.05) is 15.9 Å². The van der Waals surface area contributed by atoms with E-state index in [1.807, 2.05) is 12.1 Å². The molecule has 7 heteroatoms. The summed E-state index contributed by atoms with van der Waals surface area (Å²) in [6.45, 7) is 0. The highest BCUT2D eigenvalue weighted by atomic mass is 79.9. The summed E-state index contributed by atoms with van der Waals surface area (Å²) in [6.07, 6.45) is 1.29. The second-order valence-corrected chi connectivity index (χ2v) is 5.59. The Hall–Kier alpha value is -0.660. The summed E-state index contributed by atoms with van der Waals surface area (Å²) in [5.41, 5.74) is -0.289. The van der Waals surface area contributed by atoms with E-state index in [-0.39, 0.29) is 15.9 Å². The minimum Gasteiger partial charge on any atom is -0.436 e. The molecular weight excluding hydrogens is 420 g/mol. The number of nitrogens with one attached hydrogen (secondary N) is 1. The van der Waals surface area contributed by atoms with Gasteiger partial charge in [-0.15, -0.1) is 0 Å². The molecule has 0 atom stereocenters. The molecule has 88 valence electrons. The van der Waals surface area contributed by atoms with Crippen molar-refractivity contribution in [3.05, 3.63) is 48.3 Å². The normalized spacial score (nSPS) is 10.3. The molecule has 1 aromatic heterocycles. The average molecular weight is 425 g/mol. The third-order valence-electron chi connectivity index (χ3n) is 1.87. The zero-order valence-corrected chi connectivity index (χ0v) is 13.0. The lowest BCUT2D eigenvalue weighted by molar-refractivity contribution is 0.454. The molecule has 17 heavy (non-hydrogen) atoms. The number of nitrogens with zero attached hydrogens (tertiary/aromatic N) is 1. The molecule has 0 fully saturated rings. The average Bonchev–Trinajstić information content (AvgIpc) is 2.28. The number of halogens is 3. The van der Waals surface area contributed by atoms with Crippen molar-refractivity contribution in [2.24, 2.45) is 0 Å². The Kier molecular flexibility index (Phi) is 4.01. The minimum atomic E-state index is -0.289. The lowest BCUT2D eigenvalue weighted by atomic mass is 10.3. The van der Waals surface area contributed by atoms with Gasteiger partial charge in [-0.2, -0.15) is 0 Å². The Morgan fingerprint density at radius 3 is 2.71 bits per heavy atom. The molecule has 4 nitrogen and oxygen atoms in total. The van der Waals surface area contributed by atoms with Crippen molar-refractivity contribution in [3.63, 3.8) is 0 Å². The molecule has 0 aliphatic carbocycles. The molecule has 0 amide bonds. The van der Waals surface area contributed by atoms with Crippen LogP contribution in [0.4, 0.5) is 0 Å². The molecule has 0 unspecified atom stereocenters. The Balaban J connectivity index is 2.38. The van der Waals surface area contributed by atoms with E-state index in [1.54, 1.807) is 6.07 Å².